The van der Waals surface area contributed by atoms with Gasteiger partial charge in [-0.15, -0.1) is 0 Å². The Labute approximate surface area is 162 Å². The molecule has 1 aliphatic heterocycles. The summed E-state index contributed by atoms with van der Waals surface area (Å²) in [5.41, 5.74) is 1.13. The van der Waals surface area contributed by atoms with Crippen LogP contribution in [0.15, 0.2) is 63.8 Å². The molecule has 0 atom stereocenters. The highest BCUT2D eigenvalue weighted by Gasteiger charge is 2.25. The Hall–Kier alpha value is -3.12. The van der Waals surface area contributed by atoms with Gasteiger partial charge in [0, 0.05) is 44.2 Å². The summed E-state index contributed by atoms with van der Waals surface area (Å²) in [5, 5.41) is 0.700. The number of hydrogen-bond acceptors (Lipinski definition) is 5. The molecule has 1 fully saturated rings. The zero-order valence-electron chi connectivity index (χ0n) is 15.8. The molecule has 0 N–H and O–H groups in total. The van der Waals surface area contributed by atoms with E-state index in [1.54, 1.807) is 36.3 Å². The van der Waals surface area contributed by atoms with E-state index in [2.05, 4.69) is 17.0 Å². The first-order valence-electron chi connectivity index (χ1n) is 9.31. The minimum Gasteiger partial charge on any atom is -0.497 e. The minimum absolute atomic E-state index is 0.0779. The minimum atomic E-state index is -0.613. The van der Waals surface area contributed by atoms with E-state index < -0.39 is 5.63 Å². The lowest BCUT2D eigenvalue weighted by molar-refractivity contribution is 0.0624. The van der Waals surface area contributed by atoms with Gasteiger partial charge in [0.15, 0.2) is 0 Å². The summed E-state index contributed by atoms with van der Waals surface area (Å²) in [7, 11) is 1.55. The van der Waals surface area contributed by atoms with Gasteiger partial charge < -0.3 is 14.1 Å². The molecule has 6 nitrogen and oxygen atoms in total. The molecule has 2 heterocycles. The molecule has 0 bridgehead atoms. The van der Waals surface area contributed by atoms with E-state index >= 15 is 0 Å². The number of piperazine rings is 1. The maximum Gasteiger partial charge on any atom is 0.349 e. The maximum atomic E-state index is 12.9. The van der Waals surface area contributed by atoms with Crippen molar-refractivity contribution < 1.29 is 13.9 Å². The van der Waals surface area contributed by atoms with Gasteiger partial charge in [-0.3, -0.25) is 9.69 Å². The smallest absolute Gasteiger partial charge is 0.349 e. The van der Waals surface area contributed by atoms with Crippen molar-refractivity contribution in [3.63, 3.8) is 0 Å². The highest BCUT2D eigenvalue weighted by molar-refractivity contribution is 5.96. The summed E-state index contributed by atoms with van der Waals surface area (Å²) in [6.07, 6.45) is 0. The molecule has 28 heavy (non-hydrogen) atoms. The van der Waals surface area contributed by atoms with Crippen molar-refractivity contribution in [2.24, 2.45) is 0 Å². The Balaban J connectivity index is 1.46. The molecular weight excluding hydrogens is 356 g/mol. The average Bonchev–Trinajstić information content (AvgIpc) is 2.73. The number of carbonyl (C=O) groups excluding carboxylic acids is 1. The standard InChI is InChI=1S/C22H22N2O4/c1-27-18-8-7-17-13-19(22(26)28-20(17)14-18)21(25)24-11-9-23(10-12-24)15-16-5-3-2-4-6-16/h2-8,13-14H,9-12,15H2,1H3. The van der Waals surface area contributed by atoms with Gasteiger partial charge in [-0.1, -0.05) is 30.3 Å². The van der Waals surface area contributed by atoms with Gasteiger partial charge in [0.25, 0.3) is 5.91 Å². The van der Waals surface area contributed by atoms with Gasteiger partial charge in [0.1, 0.15) is 16.9 Å². The first-order chi connectivity index (χ1) is 13.6. The number of nitrogens with zero attached hydrogens (tertiary/aromatic N) is 2. The van der Waals surface area contributed by atoms with Crippen LogP contribution in [0.4, 0.5) is 0 Å². The Morgan fingerprint density at radius 1 is 1.04 bits per heavy atom. The van der Waals surface area contributed by atoms with Crippen molar-refractivity contribution in [2.75, 3.05) is 33.3 Å². The van der Waals surface area contributed by atoms with Gasteiger partial charge in [-0.2, -0.15) is 0 Å². The van der Waals surface area contributed by atoms with Gasteiger partial charge in [-0.05, 0) is 23.8 Å². The molecule has 3 aromatic rings. The third kappa shape index (κ3) is 3.77. The summed E-state index contributed by atoms with van der Waals surface area (Å²) in [6, 6.07) is 17.1. The van der Waals surface area contributed by atoms with E-state index in [1.165, 1.54) is 5.56 Å². The fourth-order valence-corrected chi connectivity index (χ4v) is 3.49. The number of amides is 1. The van der Waals surface area contributed by atoms with Gasteiger partial charge in [0.2, 0.25) is 0 Å². The molecule has 4 rings (SSSR count). The fraction of sp³-hybridized carbons (Fsp3) is 0.273. The molecule has 2 aromatic carbocycles. The molecule has 1 saturated heterocycles. The molecular formula is C22H22N2O4. The summed E-state index contributed by atoms with van der Waals surface area (Å²) in [4.78, 5) is 29.3. The van der Waals surface area contributed by atoms with Gasteiger partial charge in [0.05, 0.1) is 7.11 Å². The van der Waals surface area contributed by atoms with Crippen molar-refractivity contribution in [1.82, 2.24) is 9.80 Å². The number of carbonyl (C=O) groups is 1. The topological polar surface area (TPSA) is 63.0 Å². The quantitative estimate of drug-likeness (QED) is 0.654. The van der Waals surface area contributed by atoms with Gasteiger partial charge >= 0.3 is 5.63 Å². The van der Waals surface area contributed by atoms with E-state index in [4.69, 9.17) is 9.15 Å². The number of fused-ring (bicyclic) bond motifs is 1. The number of methoxy groups -OCH3 is 1. The second-order valence-electron chi connectivity index (χ2n) is 6.91. The summed E-state index contributed by atoms with van der Waals surface area (Å²) >= 11 is 0. The maximum absolute atomic E-state index is 12.9. The SMILES string of the molecule is COc1ccc2cc(C(=O)N3CCN(Cc4ccccc4)CC3)c(=O)oc2c1. The molecule has 0 aliphatic carbocycles. The van der Waals surface area contributed by atoms with E-state index in [1.807, 2.05) is 18.2 Å². The van der Waals surface area contributed by atoms with Crippen LogP contribution in [0, 0.1) is 0 Å². The molecule has 0 unspecified atom stereocenters. The van der Waals surface area contributed by atoms with E-state index in [0.29, 0.717) is 29.8 Å². The van der Waals surface area contributed by atoms with Crippen LogP contribution in [-0.2, 0) is 6.54 Å². The lowest BCUT2D eigenvalue weighted by Gasteiger charge is -2.34. The predicted molar refractivity (Wildman–Crippen MR) is 107 cm³/mol. The highest BCUT2D eigenvalue weighted by Crippen LogP contribution is 2.21. The zero-order chi connectivity index (χ0) is 19.5. The molecule has 1 aliphatic rings. The third-order valence-corrected chi connectivity index (χ3v) is 5.08. The fourth-order valence-electron chi connectivity index (χ4n) is 3.49. The van der Waals surface area contributed by atoms with Crippen LogP contribution >= 0.6 is 0 Å². The number of ether oxygens (including phenoxy) is 1. The molecule has 0 spiro atoms. The van der Waals surface area contributed by atoms with E-state index in [0.717, 1.165) is 19.6 Å². The van der Waals surface area contributed by atoms with Crippen molar-refractivity contribution >= 4 is 16.9 Å². The van der Waals surface area contributed by atoms with Crippen LogP contribution < -0.4 is 10.4 Å². The number of hydrogen-bond donors (Lipinski definition) is 0. The second kappa shape index (κ2) is 7.86. The Kier molecular flexibility index (Phi) is 5.12. The Morgan fingerprint density at radius 2 is 1.79 bits per heavy atom. The van der Waals surface area contributed by atoms with Crippen molar-refractivity contribution in [1.29, 1.82) is 0 Å². The third-order valence-electron chi connectivity index (χ3n) is 5.08. The first-order valence-corrected chi connectivity index (χ1v) is 9.31. The van der Waals surface area contributed by atoms with Crippen molar-refractivity contribution in [3.05, 3.63) is 76.1 Å². The van der Waals surface area contributed by atoms with Crippen LogP contribution in [0.1, 0.15) is 15.9 Å². The van der Waals surface area contributed by atoms with Gasteiger partial charge in [-0.25, -0.2) is 4.79 Å². The van der Waals surface area contributed by atoms with E-state index in [-0.39, 0.29) is 11.5 Å². The molecule has 1 amide bonds. The number of rotatable bonds is 4. The van der Waals surface area contributed by atoms with Crippen LogP contribution in [-0.4, -0.2) is 49.0 Å². The molecule has 144 valence electrons. The van der Waals surface area contributed by atoms with Crippen molar-refractivity contribution in [3.8, 4) is 5.75 Å². The monoisotopic (exact) mass is 378 g/mol. The average molecular weight is 378 g/mol. The first kappa shape index (κ1) is 18.3. The Morgan fingerprint density at radius 3 is 2.50 bits per heavy atom. The zero-order valence-corrected chi connectivity index (χ0v) is 15.8. The molecule has 6 heteroatoms. The lowest BCUT2D eigenvalue weighted by atomic mass is 10.1. The van der Waals surface area contributed by atoms with Crippen LogP contribution in [0.3, 0.4) is 0 Å². The molecule has 1 aromatic heterocycles. The van der Waals surface area contributed by atoms with Crippen molar-refractivity contribution in [2.45, 2.75) is 6.54 Å². The predicted octanol–water partition coefficient (Wildman–Crippen LogP) is 2.76. The van der Waals surface area contributed by atoms with E-state index in [9.17, 15) is 9.59 Å². The normalized spacial score (nSPS) is 15.0. The summed E-state index contributed by atoms with van der Waals surface area (Å²) in [6.45, 7) is 3.59. The Bertz CT molecular complexity index is 1040. The largest absolute Gasteiger partial charge is 0.497 e. The number of benzene rings is 2. The summed E-state index contributed by atoms with van der Waals surface area (Å²) < 4.78 is 10.5. The van der Waals surface area contributed by atoms with Crippen LogP contribution in [0.2, 0.25) is 0 Å². The molecule has 0 saturated carbocycles. The highest BCUT2D eigenvalue weighted by atomic mass is 16.5. The lowest BCUT2D eigenvalue weighted by Crippen LogP contribution is -2.49. The van der Waals surface area contributed by atoms with Crippen LogP contribution in [0.25, 0.3) is 11.0 Å². The van der Waals surface area contributed by atoms with Crippen LogP contribution in [0.5, 0.6) is 5.75 Å². The second-order valence-corrected chi connectivity index (χ2v) is 6.91. The molecule has 0 radical (unpaired) electrons. The summed E-state index contributed by atoms with van der Waals surface area (Å²) in [5.74, 6) is 0.329.